The number of carbonyl (C=O) groups is 1. The Balaban J connectivity index is 2.09. The summed E-state index contributed by atoms with van der Waals surface area (Å²) in [5.41, 5.74) is 2.45. The molecule has 0 bridgehead atoms. The van der Waals surface area contributed by atoms with Crippen molar-refractivity contribution in [2.75, 3.05) is 7.11 Å². The van der Waals surface area contributed by atoms with Gasteiger partial charge in [-0.2, -0.15) is 13.2 Å². The summed E-state index contributed by atoms with van der Waals surface area (Å²) in [5.74, 6) is 0.129. The number of ether oxygens (including phenoxy) is 2. The van der Waals surface area contributed by atoms with Crippen molar-refractivity contribution in [2.45, 2.75) is 12.4 Å². The molecule has 1 aliphatic heterocycles. The molecule has 1 aromatic carbocycles. The van der Waals surface area contributed by atoms with Gasteiger partial charge in [-0.25, -0.2) is 20.1 Å². The fourth-order valence-corrected chi connectivity index (χ4v) is 1.37. The van der Waals surface area contributed by atoms with Gasteiger partial charge in [0, 0.05) is 5.56 Å². The highest BCUT2D eigenvalue weighted by molar-refractivity contribution is 5.99. The van der Waals surface area contributed by atoms with Crippen molar-refractivity contribution in [1.82, 2.24) is 5.48 Å². The van der Waals surface area contributed by atoms with E-state index in [1.165, 1.54) is 24.3 Å². The lowest BCUT2D eigenvalue weighted by Crippen LogP contribution is -2.29. The average Bonchev–Trinajstić information content (AvgIpc) is 2.89. The van der Waals surface area contributed by atoms with Gasteiger partial charge in [0.15, 0.2) is 5.84 Å². The van der Waals surface area contributed by atoms with Crippen LogP contribution in [0.2, 0.25) is 0 Å². The number of halogens is 3. The average molecular weight is 290 g/mol. The first kappa shape index (κ1) is 14.1. The van der Waals surface area contributed by atoms with Gasteiger partial charge in [0.05, 0.1) is 7.11 Å². The van der Waals surface area contributed by atoms with E-state index in [0.717, 1.165) is 7.11 Å². The van der Waals surface area contributed by atoms with Crippen LogP contribution in [0.5, 0.6) is 5.75 Å². The van der Waals surface area contributed by atoms with Crippen LogP contribution in [0, 0.1) is 0 Å². The number of rotatable bonds is 2. The summed E-state index contributed by atoms with van der Waals surface area (Å²) in [7, 11) is 1.16. The van der Waals surface area contributed by atoms with Crippen LogP contribution in [-0.4, -0.2) is 31.5 Å². The van der Waals surface area contributed by atoms with E-state index in [-0.39, 0.29) is 11.6 Å². The molecule has 0 fully saturated rings. The minimum absolute atomic E-state index is 0.0584. The molecule has 9 heteroatoms. The Labute approximate surface area is 111 Å². The molecule has 1 heterocycles. The number of hydrogen-bond acceptors (Lipinski definition) is 6. The Bertz CT molecular complexity index is 527. The van der Waals surface area contributed by atoms with Crippen LogP contribution in [0.1, 0.15) is 5.56 Å². The minimum Gasteiger partial charge on any atom is -0.437 e. The second-order valence-electron chi connectivity index (χ2n) is 3.67. The van der Waals surface area contributed by atoms with E-state index in [1.54, 1.807) is 0 Å². The molecule has 0 aliphatic carbocycles. The van der Waals surface area contributed by atoms with Gasteiger partial charge in [0.25, 0.3) is 6.23 Å². The summed E-state index contributed by atoms with van der Waals surface area (Å²) in [6.07, 6.45) is -7.71. The molecule has 6 nitrogen and oxygen atoms in total. The molecule has 0 amide bonds. The number of nitrogens with zero attached hydrogens (tertiary/aromatic N) is 1. The van der Waals surface area contributed by atoms with Crippen LogP contribution in [0.3, 0.4) is 0 Å². The zero-order valence-electron chi connectivity index (χ0n) is 10.1. The van der Waals surface area contributed by atoms with Crippen LogP contribution >= 0.6 is 0 Å². The van der Waals surface area contributed by atoms with Crippen LogP contribution in [0.4, 0.5) is 18.0 Å². The Morgan fingerprint density at radius 2 is 2.00 bits per heavy atom. The van der Waals surface area contributed by atoms with Crippen molar-refractivity contribution in [1.29, 1.82) is 0 Å². The molecule has 1 unspecified atom stereocenters. The standard InChI is InChI=1S/C11H9F3N2O4/c1-18-10(17)19-7-4-2-6(3-5-7)8-15-9(20-16-8)11(12,13)14/h2-5,9H,1H3,(H,15,16). The number of carbonyl (C=O) groups excluding carboxylic acids is 1. The van der Waals surface area contributed by atoms with E-state index in [0.29, 0.717) is 5.56 Å². The number of methoxy groups -OCH3 is 1. The lowest BCUT2D eigenvalue weighted by atomic mass is 10.2. The minimum atomic E-state index is -4.58. The van der Waals surface area contributed by atoms with Crippen molar-refractivity contribution >= 4 is 12.0 Å². The molecule has 0 saturated heterocycles. The normalized spacial score (nSPS) is 18.2. The maximum Gasteiger partial charge on any atom is 0.513 e. The molecule has 0 saturated carbocycles. The summed E-state index contributed by atoms with van der Waals surface area (Å²) in [6.45, 7) is 0. The van der Waals surface area contributed by atoms with Crippen LogP contribution in [0.25, 0.3) is 0 Å². The van der Waals surface area contributed by atoms with Crippen LogP contribution in [0.15, 0.2) is 29.3 Å². The van der Waals surface area contributed by atoms with Crippen LogP contribution in [-0.2, 0) is 9.57 Å². The number of hydrogen-bond donors (Lipinski definition) is 1. The molecule has 1 aliphatic rings. The summed E-state index contributed by atoms with van der Waals surface area (Å²) in [4.78, 5) is 18.5. The van der Waals surface area contributed by atoms with Gasteiger partial charge in [-0.3, -0.25) is 0 Å². The number of benzene rings is 1. The number of aliphatic imine (C=N–C) groups is 1. The van der Waals surface area contributed by atoms with E-state index in [9.17, 15) is 18.0 Å². The number of hydroxylamine groups is 1. The van der Waals surface area contributed by atoms with E-state index in [4.69, 9.17) is 4.74 Å². The molecule has 2 rings (SSSR count). The number of nitrogens with one attached hydrogen (secondary N) is 1. The van der Waals surface area contributed by atoms with E-state index in [1.807, 2.05) is 0 Å². The first-order valence-electron chi connectivity index (χ1n) is 5.32. The topological polar surface area (TPSA) is 69.2 Å². The third kappa shape index (κ3) is 3.18. The summed E-state index contributed by atoms with van der Waals surface area (Å²) in [5, 5.41) is 0. The van der Waals surface area contributed by atoms with E-state index >= 15 is 0 Å². The smallest absolute Gasteiger partial charge is 0.437 e. The zero-order valence-corrected chi connectivity index (χ0v) is 10.1. The highest BCUT2D eigenvalue weighted by Gasteiger charge is 2.44. The number of amidine groups is 1. The highest BCUT2D eigenvalue weighted by atomic mass is 19.4. The lowest BCUT2D eigenvalue weighted by molar-refractivity contribution is -0.220. The molecule has 108 valence electrons. The van der Waals surface area contributed by atoms with Crippen LogP contribution < -0.4 is 10.2 Å². The van der Waals surface area contributed by atoms with Gasteiger partial charge >= 0.3 is 12.3 Å². The third-order valence-corrected chi connectivity index (χ3v) is 2.29. The van der Waals surface area contributed by atoms with Gasteiger partial charge in [0.1, 0.15) is 5.75 Å². The second kappa shape index (κ2) is 5.37. The van der Waals surface area contributed by atoms with E-state index in [2.05, 4.69) is 20.0 Å². The van der Waals surface area contributed by atoms with Crippen molar-refractivity contribution < 1.29 is 32.3 Å². The number of alkyl halides is 3. The largest absolute Gasteiger partial charge is 0.513 e. The summed E-state index contributed by atoms with van der Waals surface area (Å²) >= 11 is 0. The lowest BCUT2D eigenvalue weighted by Gasteiger charge is -2.08. The van der Waals surface area contributed by atoms with E-state index < -0.39 is 18.6 Å². The summed E-state index contributed by atoms with van der Waals surface area (Å²) in [6, 6.07) is 5.62. The van der Waals surface area contributed by atoms with Gasteiger partial charge < -0.3 is 9.47 Å². The fraction of sp³-hybridized carbons (Fsp3) is 0.273. The molecular weight excluding hydrogens is 281 g/mol. The SMILES string of the molecule is COC(=O)Oc1ccc(C2=NC(C(F)(F)F)ON2)cc1. The fourth-order valence-electron chi connectivity index (χ4n) is 1.37. The van der Waals surface area contributed by atoms with Gasteiger partial charge in [-0.15, -0.1) is 0 Å². The molecular formula is C11H9F3N2O4. The molecule has 1 atom stereocenters. The second-order valence-corrected chi connectivity index (χ2v) is 3.67. The zero-order chi connectivity index (χ0) is 14.8. The predicted molar refractivity (Wildman–Crippen MR) is 60.1 cm³/mol. The maximum absolute atomic E-state index is 12.4. The van der Waals surface area contributed by atoms with Crippen molar-refractivity contribution in [3.8, 4) is 5.75 Å². The predicted octanol–water partition coefficient (Wildman–Crippen LogP) is 2.00. The quantitative estimate of drug-likeness (QED) is 0.666. The molecule has 20 heavy (non-hydrogen) atoms. The maximum atomic E-state index is 12.4. The van der Waals surface area contributed by atoms with Gasteiger partial charge in [-0.1, -0.05) is 0 Å². The Morgan fingerprint density at radius 3 is 2.50 bits per heavy atom. The molecule has 1 N–H and O–H groups in total. The third-order valence-electron chi connectivity index (χ3n) is 2.29. The first-order valence-corrected chi connectivity index (χ1v) is 5.32. The highest BCUT2D eigenvalue weighted by Crippen LogP contribution is 2.26. The molecule has 0 aromatic heterocycles. The first-order chi connectivity index (χ1) is 9.40. The molecule has 0 spiro atoms. The molecule has 1 aromatic rings. The Morgan fingerprint density at radius 1 is 1.35 bits per heavy atom. The monoisotopic (exact) mass is 290 g/mol. The van der Waals surface area contributed by atoms with Gasteiger partial charge in [0.2, 0.25) is 0 Å². The summed E-state index contributed by atoms with van der Waals surface area (Å²) < 4.78 is 46.1. The van der Waals surface area contributed by atoms with Crippen molar-refractivity contribution in [3.63, 3.8) is 0 Å². The van der Waals surface area contributed by atoms with Crippen molar-refractivity contribution in [3.05, 3.63) is 29.8 Å². The van der Waals surface area contributed by atoms with Crippen molar-refractivity contribution in [2.24, 2.45) is 4.99 Å². The Hall–Kier alpha value is -2.29. The van der Waals surface area contributed by atoms with Gasteiger partial charge in [-0.05, 0) is 24.3 Å². The molecule has 0 radical (unpaired) electrons. The Kier molecular flexibility index (Phi) is 3.79.